The smallest absolute Gasteiger partial charge is 0.328 e. The molecule has 0 spiro atoms. The van der Waals surface area contributed by atoms with Crippen molar-refractivity contribution in [1.82, 2.24) is 4.98 Å². The number of hydrogen-bond acceptors (Lipinski definition) is 3. The highest BCUT2D eigenvalue weighted by molar-refractivity contribution is 6.04. The first-order chi connectivity index (χ1) is 10.0. The fourth-order valence-electron chi connectivity index (χ4n) is 1.74. The number of aliphatic carboxylic acids is 1. The third kappa shape index (κ3) is 4.28. The molecular weight excluding hydrogens is 268 g/mol. The number of aromatic nitrogens is 1. The van der Waals surface area contributed by atoms with E-state index in [4.69, 9.17) is 5.11 Å². The van der Waals surface area contributed by atoms with Gasteiger partial charge in [-0.2, -0.15) is 0 Å². The van der Waals surface area contributed by atoms with Crippen LogP contribution in [0.3, 0.4) is 0 Å². The fraction of sp³-hybridized carbons (Fsp3) is 0.0625. The van der Waals surface area contributed by atoms with Crippen molar-refractivity contribution in [3.63, 3.8) is 0 Å². The molecule has 0 saturated heterocycles. The second kappa shape index (κ2) is 6.47. The predicted molar refractivity (Wildman–Crippen MR) is 80.0 cm³/mol. The van der Waals surface area contributed by atoms with Crippen LogP contribution >= 0.6 is 0 Å². The Labute approximate surface area is 122 Å². The number of nitrogens with one attached hydrogen (secondary N) is 1. The number of pyridine rings is 1. The zero-order valence-electron chi connectivity index (χ0n) is 11.4. The molecule has 0 bridgehead atoms. The molecular formula is C16H14N2O3. The van der Waals surface area contributed by atoms with Gasteiger partial charge in [0.15, 0.2) is 0 Å². The third-order valence-electron chi connectivity index (χ3n) is 2.72. The summed E-state index contributed by atoms with van der Waals surface area (Å²) in [6, 6.07) is 8.47. The number of nitrogens with zero attached hydrogens (tertiary/aromatic N) is 1. The van der Waals surface area contributed by atoms with Gasteiger partial charge in [-0.1, -0.05) is 12.1 Å². The summed E-state index contributed by atoms with van der Waals surface area (Å²) in [6.07, 6.45) is 5.80. The first kappa shape index (κ1) is 14.5. The zero-order chi connectivity index (χ0) is 15.2. The van der Waals surface area contributed by atoms with E-state index < -0.39 is 5.97 Å². The normalized spacial score (nSPS) is 10.5. The van der Waals surface area contributed by atoms with Crippen LogP contribution in [0.25, 0.3) is 6.08 Å². The van der Waals surface area contributed by atoms with Gasteiger partial charge in [-0.3, -0.25) is 9.78 Å². The lowest BCUT2D eigenvalue weighted by molar-refractivity contribution is -0.131. The second-order valence-electron chi connectivity index (χ2n) is 4.50. The molecule has 1 aromatic heterocycles. The van der Waals surface area contributed by atoms with Gasteiger partial charge in [-0.25, -0.2) is 4.79 Å². The lowest BCUT2D eigenvalue weighted by Gasteiger charge is -2.05. The summed E-state index contributed by atoms with van der Waals surface area (Å²) in [5.74, 6) is -1.25. The van der Waals surface area contributed by atoms with Gasteiger partial charge >= 0.3 is 5.97 Å². The topological polar surface area (TPSA) is 79.3 Å². The number of carboxylic acid groups (broad SMARTS) is 1. The SMILES string of the molecule is Cc1cncc(NC(=O)c2ccc(/C=C/C(=O)O)cc2)c1. The van der Waals surface area contributed by atoms with Gasteiger partial charge in [0, 0.05) is 17.8 Å². The fourth-order valence-corrected chi connectivity index (χ4v) is 1.74. The Morgan fingerprint density at radius 1 is 1.19 bits per heavy atom. The zero-order valence-corrected chi connectivity index (χ0v) is 11.4. The largest absolute Gasteiger partial charge is 0.478 e. The highest BCUT2D eigenvalue weighted by Gasteiger charge is 2.06. The molecule has 0 radical (unpaired) electrons. The molecule has 2 aromatic rings. The average Bonchev–Trinajstić information content (AvgIpc) is 2.45. The van der Waals surface area contributed by atoms with Gasteiger partial charge in [0.05, 0.1) is 11.9 Å². The quantitative estimate of drug-likeness (QED) is 0.845. The van der Waals surface area contributed by atoms with E-state index in [1.54, 1.807) is 36.7 Å². The van der Waals surface area contributed by atoms with Gasteiger partial charge in [0.25, 0.3) is 5.91 Å². The van der Waals surface area contributed by atoms with Gasteiger partial charge in [0.2, 0.25) is 0 Å². The molecule has 2 N–H and O–H groups in total. The Morgan fingerprint density at radius 2 is 1.90 bits per heavy atom. The van der Waals surface area contributed by atoms with Crippen LogP contribution in [0.1, 0.15) is 21.5 Å². The summed E-state index contributed by atoms with van der Waals surface area (Å²) in [4.78, 5) is 26.5. The molecule has 1 aromatic carbocycles. The van der Waals surface area contributed by atoms with E-state index in [1.807, 2.05) is 13.0 Å². The average molecular weight is 282 g/mol. The first-order valence-corrected chi connectivity index (χ1v) is 6.29. The van der Waals surface area contributed by atoms with Crippen molar-refractivity contribution in [2.45, 2.75) is 6.92 Å². The molecule has 0 fully saturated rings. The Bertz CT molecular complexity index is 691. The van der Waals surface area contributed by atoms with Crippen LogP contribution in [0.5, 0.6) is 0 Å². The van der Waals surface area contributed by atoms with Gasteiger partial charge in [-0.05, 0) is 42.3 Å². The van der Waals surface area contributed by atoms with Crippen molar-refractivity contribution in [3.8, 4) is 0 Å². The maximum absolute atomic E-state index is 12.1. The highest BCUT2D eigenvalue weighted by atomic mass is 16.4. The molecule has 21 heavy (non-hydrogen) atoms. The van der Waals surface area contributed by atoms with Crippen molar-refractivity contribution in [3.05, 3.63) is 65.5 Å². The number of anilines is 1. The molecule has 2 rings (SSSR count). The van der Waals surface area contributed by atoms with Crippen LogP contribution in [0.4, 0.5) is 5.69 Å². The number of benzene rings is 1. The lowest BCUT2D eigenvalue weighted by Crippen LogP contribution is -2.12. The monoisotopic (exact) mass is 282 g/mol. The van der Waals surface area contributed by atoms with Crippen LogP contribution in [-0.2, 0) is 4.79 Å². The number of carboxylic acids is 1. The highest BCUT2D eigenvalue weighted by Crippen LogP contribution is 2.11. The van der Waals surface area contributed by atoms with Gasteiger partial charge < -0.3 is 10.4 Å². The number of carbonyl (C=O) groups excluding carboxylic acids is 1. The Balaban J connectivity index is 2.08. The number of aryl methyl sites for hydroxylation is 1. The van der Waals surface area contributed by atoms with Crippen molar-refractivity contribution in [1.29, 1.82) is 0 Å². The molecule has 1 heterocycles. The van der Waals surface area contributed by atoms with Crippen LogP contribution in [0, 0.1) is 6.92 Å². The third-order valence-corrected chi connectivity index (χ3v) is 2.72. The molecule has 0 unspecified atom stereocenters. The molecule has 0 aliphatic rings. The number of amides is 1. The minimum Gasteiger partial charge on any atom is -0.478 e. The molecule has 0 aliphatic heterocycles. The Hall–Kier alpha value is -2.95. The van der Waals surface area contributed by atoms with E-state index in [1.165, 1.54) is 6.08 Å². The van der Waals surface area contributed by atoms with E-state index in [-0.39, 0.29) is 5.91 Å². The summed E-state index contributed by atoms with van der Waals surface area (Å²) in [6.45, 7) is 1.90. The predicted octanol–water partition coefficient (Wildman–Crippen LogP) is 2.74. The number of rotatable bonds is 4. The molecule has 106 valence electrons. The van der Waals surface area contributed by atoms with Crippen LogP contribution in [0.2, 0.25) is 0 Å². The molecule has 0 aliphatic carbocycles. The lowest BCUT2D eigenvalue weighted by atomic mass is 10.1. The maximum Gasteiger partial charge on any atom is 0.328 e. The van der Waals surface area contributed by atoms with E-state index in [2.05, 4.69) is 10.3 Å². The summed E-state index contributed by atoms with van der Waals surface area (Å²) in [5, 5.41) is 11.3. The molecule has 0 saturated carbocycles. The van der Waals surface area contributed by atoms with Crippen molar-refractivity contribution in [2.24, 2.45) is 0 Å². The molecule has 0 atom stereocenters. The van der Waals surface area contributed by atoms with E-state index >= 15 is 0 Å². The van der Waals surface area contributed by atoms with Crippen LogP contribution < -0.4 is 5.32 Å². The van der Waals surface area contributed by atoms with Crippen LogP contribution in [0.15, 0.2) is 48.8 Å². The van der Waals surface area contributed by atoms with Crippen molar-refractivity contribution < 1.29 is 14.7 Å². The second-order valence-corrected chi connectivity index (χ2v) is 4.50. The summed E-state index contributed by atoms with van der Waals surface area (Å²) in [5.41, 5.74) is 2.80. The van der Waals surface area contributed by atoms with E-state index in [9.17, 15) is 9.59 Å². The Morgan fingerprint density at radius 3 is 2.52 bits per heavy atom. The molecule has 1 amide bonds. The van der Waals surface area contributed by atoms with Crippen molar-refractivity contribution >= 4 is 23.6 Å². The molecule has 5 heteroatoms. The minimum absolute atomic E-state index is 0.240. The number of hydrogen-bond donors (Lipinski definition) is 2. The molecule has 5 nitrogen and oxygen atoms in total. The van der Waals surface area contributed by atoms with Gasteiger partial charge in [-0.15, -0.1) is 0 Å². The standard InChI is InChI=1S/C16H14N2O3/c1-11-8-14(10-17-9-11)18-16(21)13-5-2-12(3-6-13)4-7-15(19)20/h2-10H,1H3,(H,18,21)(H,19,20)/b7-4+. The first-order valence-electron chi connectivity index (χ1n) is 6.29. The van der Waals surface area contributed by atoms with E-state index in [0.717, 1.165) is 11.6 Å². The van der Waals surface area contributed by atoms with E-state index in [0.29, 0.717) is 16.8 Å². The number of carbonyl (C=O) groups is 2. The Kier molecular flexibility index (Phi) is 4.46. The summed E-state index contributed by atoms with van der Waals surface area (Å²) >= 11 is 0. The van der Waals surface area contributed by atoms with Crippen LogP contribution in [-0.4, -0.2) is 22.0 Å². The maximum atomic E-state index is 12.1. The summed E-state index contributed by atoms with van der Waals surface area (Å²) in [7, 11) is 0. The van der Waals surface area contributed by atoms with Crippen molar-refractivity contribution in [2.75, 3.05) is 5.32 Å². The summed E-state index contributed by atoms with van der Waals surface area (Å²) < 4.78 is 0. The van der Waals surface area contributed by atoms with Gasteiger partial charge in [0.1, 0.15) is 0 Å². The minimum atomic E-state index is -1.01.